The monoisotopic (exact) mass is 426 g/mol. The average Bonchev–Trinajstić information content (AvgIpc) is 3.19. The first-order valence-corrected chi connectivity index (χ1v) is 10.4. The molecule has 1 saturated heterocycles. The number of carbonyl (C=O) groups is 1. The first-order valence-electron chi connectivity index (χ1n) is 9.57. The van der Waals surface area contributed by atoms with Crippen molar-refractivity contribution in [3.05, 3.63) is 68.8 Å². The van der Waals surface area contributed by atoms with Gasteiger partial charge in [0, 0.05) is 46.6 Å². The molecule has 0 radical (unpaired) electrons. The van der Waals surface area contributed by atoms with Gasteiger partial charge in [0.1, 0.15) is 5.82 Å². The summed E-state index contributed by atoms with van der Waals surface area (Å²) >= 11 is 1.20. The molecule has 1 aromatic heterocycles. The summed E-state index contributed by atoms with van der Waals surface area (Å²) in [5, 5.41) is 15.3. The summed E-state index contributed by atoms with van der Waals surface area (Å²) in [6.07, 6.45) is 4.70. The lowest BCUT2D eigenvalue weighted by Gasteiger charge is -2.28. The fourth-order valence-electron chi connectivity index (χ4n) is 3.44. The molecule has 3 aromatic rings. The first kappa shape index (κ1) is 20.0. The average molecular weight is 426 g/mol. The van der Waals surface area contributed by atoms with Crippen LogP contribution in [0.25, 0.3) is 10.1 Å². The zero-order chi connectivity index (χ0) is 21.1. The lowest BCUT2D eigenvalue weighted by atomic mass is 10.1. The van der Waals surface area contributed by atoms with Gasteiger partial charge in [0.05, 0.1) is 16.0 Å². The highest BCUT2D eigenvalue weighted by Gasteiger charge is 2.14. The second-order valence-electron chi connectivity index (χ2n) is 7.04. The molecule has 1 amide bonds. The minimum atomic E-state index is -0.480. The van der Waals surface area contributed by atoms with Crippen LogP contribution in [0.15, 0.2) is 47.6 Å². The number of nitro benzene ring substituents is 1. The number of nitro groups is 1. The number of piperidine rings is 1. The minimum Gasteiger partial charge on any atom is -0.371 e. The molecular weight excluding hydrogens is 407 g/mol. The van der Waals surface area contributed by atoms with Gasteiger partial charge in [0.2, 0.25) is 0 Å². The van der Waals surface area contributed by atoms with E-state index < -0.39 is 16.6 Å². The quantitative estimate of drug-likeness (QED) is 0.364. The molecule has 2 aromatic carbocycles. The Morgan fingerprint density at radius 3 is 2.70 bits per heavy atom. The van der Waals surface area contributed by atoms with Gasteiger partial charge < -0.3 is 4.90 Å². The highest BCUT2D eigenvalue weighted by atomic mass is 32.1. The Bertz CT molecular complexity index is 1140. The number of thiophene rings is 1. The van der Waals surface area contributed by atoms with Crippen molar-refractivity contribution in [3.8, 4) is 0 Å². The van der Waals surface area contributed by atoms with Crippen molar-refractivity contribution in [2.45, 2.75) is 19.3 Å². The number of amides is 1. The number of anilines is 1. The summed E-state index contributed by atoms with van der Waals surface area (Å²) in [6.45, 7) is 1.86. The zero-order valence-corrected chi connectivity index (χ0v) is 16.8. The third-order valence-corrected chi connectivity index (χ3v) is 6.12. The fraction of sp³-hybridized carbons (Fsp3) is 0.238. The van der Waals surface area contributed by atoms with Crippen LogP contribution >= 0.6 is 11.3 Å². The van der Waals surface area contributed by atoms with E-state index in [0.29, 0.717) is 10.3 Å². The third-order valence-electron chi connectivity index (χ3n) is 5.01. The van der Waals surface area contributed by atoms with E-state index in [9.17, 15) is 19.3 Å². The Kier molecular flexibility index (Phi) is 5.71. The topological polar surface area (TPSA) is 87.8 Å². The normalized spacial score (nSPS) is 14.4. The molecule has 1 N–H and O–H groups in total. The van der Waals surface area contributed by atoms with Gasteiger partial charge in [-0.3, -0.25) is 14.9 Å². The van der Waals surface area contributed by atoms with Gasteiger partial charge >= 0.3 is 0 Å². The maximum atomic E-state index is 14.4. The molecular formula is C21H19FN4O3S. The molecule has 0 aliphatic carbocycles. The molecule has 1 aliphatic heterocycles. The number of hydrogen-bond donors (Lipinski definition) is 1. The van der Waals surface area contributed by atoms with Crippen LogP contribution in [0.1, 0.15) is 34.5 Å². The molecule has 0 unspecified atom stereocenters. The van der Waals surface area contributed by atoms with E-state index in [1.54, 1.807) is 18.2 Å². The molecule has 0 bridgehead atoms. The van der Waals surface area contributed by atoms with Crippen LogP contribution in [0.3, 0.4) is 0 Å². The van der Waals surface area contributed by atoms with Crippen LogP contribution < -0.4 is 10.3 Å². The van der Waals surface area contributed by atoms with Crippen LogP contribution in [-0.4, -0.2) is 30.1 Å². The Balaban J connectivity index is 1.43. The highest BCUT2D eigenvalue weighted by molar-refractivity contribution is 7.20. The molecule has 2 heterocycles. The van der Waals surface area contributed by atoms with Crippen molar-refractivity contribution in [2.24, 2.45) is 5.10 Å². The Morgan fingerprint density at radius 1 is 1.17 bits per heavy atom. The molecule has 7 nitrogen and oxygen atoms in total. The summed E-state index contributed by atoms with van der Waals surface area (Å²) in [5.41, 5.74) is 3.48. The fourth-order valence-corrected chi connectivity index (χ4v) is 4.37. The van der Waals surface area contributed by atoms with Crippen molar-refractivity contribution in [1.29, 1.82) is 0 Å². The van der Waals surface area contributed by atoms with Gasteiger partial charge in [-0.05, 0) is 49.6 Å². The predicted octanol–water partition coefficient (Wildman–Crippen LogP) is 4.70. The standard InChI is InChI=1S/C21H19FN4O3S/c22-18-12-16(25-8-2-1-3-9-25)5-4-14(18)13-23-24-21(27)20-11-15-10-17(26(28)29)6-7-19(15)30-20/h4-7,10-13H,1-3,8-9H2,(H,24,27). The number of nitrogens with one attached hydrogen (secondary N) is 1. The van der Waals surface area contributed by atoms with Crippen molar-refractivity contribution in [1.82, 2.24) is 5.43 Å². The molecule has 30 heavy (non-hydrogen) atoms. The van der Waals surface area contributed by atoms with E-state index in [0.717, 1.165) is 36.3 Å². The number of hydrogen-bond acceptors (Lipinski definition) is 6. The lowest BCUT2D eigenvalue weighted by molar-refractivity contribution is -0.384. The van der Waals surface area contributed by atoms with Crippen molar-refractivity contribution in [3.63, 3.8) is 0 Å². The maximum absolute atomic E-state index is 14.4. The molecule has 4 rings (SSSR count). The summed E-state index contributed by atoms with van der Waals surface area (Å²) in [6, 6.07) is 11.0. The highest BCUT2D eigenvalue weighted by Crippen LogP contribution is 2.29. The van der Waals surface area contributed by atoms with E-state index in [4.69, 9.17) is 0 Å². The lowest BCUT2D eigenvalue weighted by Crippen LogP contribution is -2.29. The molecule has 1 aliphatic rings. The van der Waals surface area contributed by atoms with E-state index in [2.05, 4.69) is 15.4 Å². The molecule has 0 spiro atoms. The largest absolute Gasteiger partial charge is 0.371 e. The molecule has 0 atom stereocenters. The number of halogens is 1. The minimum absolute atomic E-state index is 0.0336. The Labute approximate surface area is 176 Å². The van der Waals surface area contributed by atoms with Gasteiger partial charge in [0.25, 0.3) is 11.6 Å². The van der Waals surface area contributed by atoms with E-state index >= 15 is 0 Å². The van der Waals surface area contributed by atoms with Crippen LogP contribution in [0.4, 0.5) is 15.8 Å². The molecule has 9 heteroatoms. The number of nitrogens with zero attached hydrogens (tertiary/aromatic N) is 3. The number of carbonyl (C=O) groups excluding carboxylic acids is 1. The molecule has 1 fully saturated rings. The first-order chi connectivity index (χ1) is 14.5. The van der Waals surface area contributed by atoms with Gasteiger partial charge in [-0.25, -0.2) is 9.82 Å². The second-order valence-corrected chi connectivity index (χ2v) is 8.13. The van der Waals surface area contributed by atoms with E-state index in [1.165, 1.54) is 42.2 Å². The van der Waals surface area contributed by atoms with Gasteiger partial charge in [-0.15, -0.1) is 11.3 Å². The smallest absolute Gasteiger partial charge is 0.281 e. The van der Waals surface area contributed by atoms with Crippen molar-refractivity contribution >= 4 is 44.9 Å². The van der Waals surface area contributed by atoms with Crippen LogP contribution in [-0.2, 0) is 0 Å². The number of benzene rings is 2. The second kappa shape index (κ2) is 8.58. The Hall–Kier alpha value is -3.33. The summed E-state index contributed by atoms with van der Waals surface area (Å²) < 4.78 is 15.2. The number of non-ortho nitro benzene ring substituents is 1. The zero-order valence-electron chi connectivity index (χ0n) is 16.0. The summed E-state index contributed by atoms with van der Waals surface area (Å²) in [7, 11) is 0. The summed E-state index contributed by atoms with van der Waals surface area (Å²) in [4.78, 5) is 25.2. The molecule has 0 saturated carbocycles. The third kappa shape index (κ3) is 4.30. The maximum Gasteiger partial charge on any atom is 0.281 e. The van der Waals surface area contributed by atoms with Gasteiger partial charge in [-0.2, -0.15) is 5.10 Å². The van der Waals surface area contributed by atoms with Gasteiger partial charge in [0.15, 0.2) is 0 Å². The van der Waals surface area contributed by atoms with Gasteiger partial charge in [-0.1, -0.05) is 0 Å². The van der Waals surface area contributed by atoms with Crippen molar-refractivity contribution in [2.75, 3.05) is 18.0 Å². The predicted molar refractivity (Wildman–Crippen MR) is 116 cm³/mol. The summed E-state index contributed by atoms with van der Waals surface area (Å²) in [5.74, 6) is -0.856. The molecule has 154 valence electrons. The van der Waals surface area contributed by atoms with E-state index in [-0.39, 0.29) is 11.3 Å². The van der Waals surface area contributed by atoms with E-state index in [1.807, 2.05) is 6.07 Å². The number of fused-ring (bicyclic) bond motifs is 1. The number of hydrazone groups is 1. The van der Waals surface area contributed by atoms with Crippen molar-refractivity contribution < 1.29 is 14.1 Å². The van der Waals surface area contributed by atoms with Crippen LogP contribution in [0, 0.1) is 15.9 Å². The Morgan fingerprint density at radius 2 is 1.97 bits per heavy atom. The van der Waals surface area contributed by atoms with Crippen LogP contribution in [0.2, 0.25) is 0 Å². The van der Waals surface area contributed by atoms with Crippen LogP contribution in [0.5, 0.6) is 0 Å². The number of rotatable bonds is 5. The SMILES string of the molecule is O=C(NN=Cc1ccc(N2CCCCC2)cc1F)c1cc2cc([N+](=O)[O-])ccc2s1.